The highest BCUT2D eigenvalue weighted by Gasteiger charge is 2.52. The molecule has 0 fully saturated rings. The molecule has 2 aliphatic carbocycles. The number of fused-ring (bicyclic) bond motifs is 2. The summed E-state index contributed by atoms with van der Waals surface area (Å²) in [6, 6.07) is 83.4. The first-order chi connectivity index (χ1) is 30.0. The minimum atomic E-state index is -0.493. The van der Waals surface area contributed by atoms with E-state index in [-0.39, 0.29) is 5.41 Å². The SMILES string of the molecule is CC1(C)c2cccc3c2-c2c1cccc2C3(c1ccccc1)c1cccc(N(c2ccc(-c3cccc4ccccc34)cc2)c2ccc(-c3cccc4ccccc34)cc2)c1. The summed E-state index contributed by atoms with van der Waals surface area (Å²) >= 11 is 0. The van der Waals surface area contributed by atoms with Crippen LogP contribution in [0.25, 0.3) is 54.9 Å². The number of anilines is 3. The van der Waals surface area contributed by atoms with Gasteiger partial charge in [-0.2, -0.15) is 0 Å². The van der Waals surface area contributed by atoms with Gasteiger partial charge in [-0.25, -0.2) is 0 Å². The lowest BCUT2D eigenvalue weighted by molar-refractivity contribution is 0.652. The Bertz CT molecular complexity index is 3130. The van der Waals surface area contributed by atoms with Crippen LogP contribution in [0.1, 0.15) is 47.2 Å². The maximum atomic E-state index is 2.45. The zero-order valence-electron chi connectivity index (χ0n) is 34.3. The van der Waals surface area contributed by atoms with Gasteiger partial charge in [0.05, 0.1) is 5.41 Å². The van der Waals surface area contributed by atoms with Crippen molar-refractivity contribution >= 4 is 38.6 Å². The number of benzene rings is 10. The fourth-order valence-corrected chi connectivity index (χ4v) is 10.9. The van der Waals surface area contributed by atoms with Gasteiger partial charge in [0.1, 0.15) is 0 Å². The average molecular weight is 778 g/mol. The van der Waals surface area contributed by atoms with E-state index in [1.165, 1.54) is 88.3 Å². The molecule has 10 aromatic rings. The van der Waals surface area contributed by atoms with Crippen molar-refractivity contribution in [3.05, 3.63) is 258 Å². The van der Waals surface area contributed by atoms with Crippen molar-refractivity contribution in [2.75, 3.05) is 4.90 Å². The zero-order valence-corrected chi connectivity index (χ0v) is 34.3. The fourth-order valence-electron chi connectivity index (χ4n) is 10.9. The molecule has 0 unspecified atom stereocenters. The van der Waals surface area contributed by atoms with Crippen molar-refractivity contribution in [3.8, 4) is 33.4 Å². The van der Waals surface area contributed by atoms with Crippen LogP contribution in [0.5, 0.6) is 0 Å². The fraction of sp³-hybridized carbons (Fsp3) is 0.0667. The second-order valence-electron chi connectivity index (χ2n) is 17.2. The van der Waals surface area contributed by atoms with Crippen molar-refractivity contribution in [1.82, 2.24) is 0 Å². The molecule has 0 bridgehead atoms. The second-order valence-corrected chi connectivity index (χ2v) is 17.2. The van der Waals surface area contributed by atoms with Crippen LogP contribution in [0.3, 0.4) is 0 Å². The number of hydrogen-bond donors (Lipinski definition) is 0. The van der Waals surface area contributed by atoms with Crippen molar-refractivity contribution in [2.45, 2.75) is 24.7 Å². The van der Waals surface area contributed by atoms with Crippen LogP contribution >= 0.6 is 0 Å². The van der Waals surface area contributed by atoms with E-state index in [0.29, 0.717) is 0 Å². The Kier molecular flexibility index (Phi) is 7.86. The monoisotopic (exact) mass is 777 g/mol. The quantitative estimate of drug-likeness (QED) is 0.156. The average Bonchev–Trinajstić information content (AvgIpc) is 3.76. The first-order valence-corrected chi connectivity index (χ1v) is 21.4. The van der Waals surface area contributed by atoms with Crippen molar-refractivity contribution in [3.63, 3.8) is 0 Å². The first kappa shape index (κ1) is 35.5. The molecular formula is C60H43N. The summed E-state index contributed by atoms with van der Waals surface area (Å²) in [7, 11) is 0. The predicted molar refractivity (Wildman–Crippen MR) is 256 cm³/mol. The lowest BCUT2D eigenvalue weighted by Gasteiger charge is -2.37. The summed E-state index contributed by atoms with van der Waals surface area (Å²) in [6.07, 6.45) is 0. The molecule has 0 saturated carbocycles. The third kappa shape index (κ3) is 5.20. The van der Waals surface area contributed by atoms with Gasteiger partial charge in [-0.05, 0) is 125 Å². The maximum absolute atomic E-state index is 2.45. The molecule has 0 heterocycles. The number of nitrogens with zero attached hydrogens (tertiary/aromatic N) is 1. The summed E-state index contributed by atoms with van der Waals surface area (Å²) in [4.78, 5) is 2.43. The summed E-state index contributed by atoms with van der Waals surface area (Å²) in [6.45, 7) is 4.77. The van der Waals surface area contributed by atoms with E-state index >= 15 is 0 Å². The largest absolute Gasteiger partial charge is 0.310 e. The summed E-state index contributed by atoms with van der Waals surface area (Å²) in [5.74, 6) is 0. The summed E-state index contributed by atoms with van der Waals surface area (Å²) in [5, 5.41) is 5.02. The normalized spacial score (nSPS) is 14.0. The van der Waals surface area contributed by atoms with Crippen LogP contribution in [0.2, 0.25) is 0 Å². The predicted octanol–water partition coefficient (Wildman–Crippen LogP) is 15.8. The summed E-state index contributed by atoms with van der Waals surface area (Å²) < 4.78 is 0. The number of rotatable bonds is 7. The Morgan fingerprint density at radius 3 is 1.30 bits per heavy atom. The van der Waals surface area contributed by atoms with Gasteiger partial charge in [0, 0.05) is 22.5 Å². The van der Waals surface area contributed by atoms with Crippen LogP contribution in [0.15, 0.2) is 224 Å². The van der Waals surface area contributed by atoms with Crippen molar-refractivity contribution < 1.29 is 0 Å². The lowest BCUT2D eigenvalue weighted by Crippen LogP contribution is -2.30. The van der Waals surface area contributed by atoms with Gasteiger partial charge in [0.2, 0.25) is 0 Å². The zero-order chi connectivity index (χ0) is 40.7. The van der Waals surface area contributed by atoms with Gasteiger partial charge in [0.15, 0.2) is 0 Å². The molecule has 0 aliphatic heterocycles. The van der Waals surface area contributed by atoms with E-state index in [1.807, 2.05) is 0 Å². The Balaban J connectivity index is 1.05. The molecule has 0 aromatic heterocycles. The molecule has 0 amide bonds. The minimum Gasteiger partial charge on any atom is -0.310 e. The Hall–Kier alpha value is -7.48. The molecule has 12 rings (SSSR count). The number of hydrogen-bond acceptors (Lipinski definition) is 1. The maximum Gasteiger partial charge on any atom is 0.0714 e. The van der Waals surface area contributed by atoms with E-state index < -0.39 is 5.41 Å². The van der Waals surface area contributed by atoms with Gasteiger partial charge < -0.3 is 4.90 Å². The Morgan fingerprint density at radius 1 is 0.328 bits per heavy atom. The summed E-state index contributed by atoms with van der Waals surface area (Å²) in [5.41, 5.74) is 18.6. The topological polar surface area (TPSA) is 3.24 Å². The first-order valence-electron chi connectivity index (χ1n) is 21.4. The smallest absolute Gasteiger partial charge is 0.0714 e. The third-order valence-electron chi connectivity index (χ3n) is 13.7. The third-order valence-corrected chi connectivity index (χ3v) is 13.7. The van der Waals surface area contributed by atoms with Gasteiger partial charge >= 0.3 is 0 Å². The molecule has 0 spiro atoms. The highest BCUT2D eigenvalue weighted by atomic mass is 15.1. The van der Waals surface area contributed by atoms with E-state index in [9.17, 15) is 0 Å². The molecule has 1 heteroatoms. The van der Waals surface area contributed by atoms with Crippen molar-refractivity contribution in [2.24, 2.45) is 0 Å². The molecule has 0 saturated heterocycles. The van der Waals surface area contributed by atoms with Crippen LogP contribution in [0, 0.1) is 0 Å². The van der Waals surface area contributed by atoms with Crippen molar-refractivity contribution in [1.29, 1.82) is 0 Å². The lowest BCUT2D eigenvalue weighted by atomic mass is 9.66. The van der Waals surface area contributed by atoms with Gasteiger partial charge in [-0.3, -0.25) is 0 Å². The minimum absolute atomic E-state index is 0.0609. The molecular weight excluding hydrogens is 735 g/mol. The van der Waals surface area contributed by atoms with Crippen LogP contribution < -0.4 is 4.90 Å². The Morgan fingerprint density at radius 2 is 0.754 bits per heavy atom. The van der Waals surface area contributed by atoms with Crippen LogP contribution in [-0.2, 0) is 10.8 Å². The molecule has 61 heavy (non-hydrogen) atoms. The van der Waals surface area contributed by atoms with Gasteiger partial charge in [-0.15, -0.1) is 0 Å². The van der Waals surface area contributed by atoms with E-state index in [4.69, 9.17) is 0 Å². The molecule has 288 valence electrons. The Labute approximate surface area is 357 Å². The second kappa shape index (κ2) is 13.5. The highest BCUT2D eigenvalue weighted by molar-refractivity contribution is 5.99. The molecule has 0 radical (unpaired) electrons. The molecule has 10 aromatic carbocycles. The highest BCUT2D eigenvalue weighted by Crippen LogP contribution is 2.64. The van der Waals surface area contributed by atoms with E-state index in [2.05, 4.69) is 243 Å². The standard InChI is InChI=1S/C60H43N/c1-59(2)53-27-13-29-55-57(53)58-54(59)28-14-30-56(58)60(55,44-19-4-3-5-20-44)45-21-12-22-48(39-45)61(46-35-31-42(32-36-46)51-25-10-17-40-15-6-8-23-49(40)51)47-37-33-43(34-38-47)52-26-11-18-41-16-7-9-24-50(41)52/h3-39H,1-2H3. The van der Waals surface area contributed by atoms with E-state index in [0.717, 1.165) is 17.1 Å². The van der Waals surface area contributed by atoms with E-state index in [1.54, 1.807) is 0 Å². The molecule has 1 nitrogen and oxygen atoms in total. The van der Waals surface area contributed by atoms with Gasteiger partial charge in [0.25, 0.3) is 0 Å². The molecule has 2 aliphatic rings. The van der Waals surface area contributed by atoms with Gasteiger partial charge in [-0.1, -0.05) is 202 Å². The van der Waals surface area contributed by atoms with Crippen LogP contribution in [-0.4, -0.2) is 0 Å². The molecule has 0 atom stereocenters. The van der Waals surface area contributed by atoms with Crippen LogP contribution in [0.4, 0.5) is 17.1 Å². The molecule has 0 N–H and O–H groups in total.